The van der Waals surface area contributed by atoms with Crippen molar-refractivity contribution >= 4 is 34.1 Å². The average molecular weight is 389 g/mol. The Hall–Kier alpha value is -3.19. The lowest BCUT2D eigenvalue weighted by Gasteiger charge is -2.09. The molecule has 4 rings (SSSR count). The predicted molar refractivity (Wildman–Crippen MR) is 112 cm³/mol. The van der Waals surface area contributed by atoms with Crippen molar-refractivity contribution in [3.8, 4) is 11.4 Å². The number of thioether (sulfide) groups is 1. The van der Waals surface area contributed by atoms with Gasteiger partial charge < -0.3 is 9.88 Å². The molecule has 0 saturated carbocycles. The van der Waals surface area contributed by atoms with E-state index >= 15 is 0 Å². The summed E-state index contributed by atoms with van der Waals surface area (Å²) in [6, 6.07) is 17.5. The van der Waals surface area contributed by atoms with E-state index < -0.39 is 0 Å². The van der Waals surface area contributed by atoms with E-state index in [0.717, 1.165) is 33.0 Å². The molecule has 28 heavy (non-hydrogen) atoms. The van der Waals surface area contributed by atoms with Gasteiger partial charge in [0.25, 0.3) is 0 Å². The van der Waals surface area contributed by atoms with Gasteiger partial charge in [-0.05, 0) is 30.5 Å². The molecule has 0 saturated heterocycles. The molecule has 1 amide bonds. The van der Waals surface area contributed by atoms with E-state index in [9.17, 15) is 4.79 Å². The standard InChI is InChI=1S/C21H19N5OS/c1-2-26-20(18-10-6-7-15-13-22-12-11-17(15)18)24-25-21(26)28-14-19(27)23-16-8-4-3-5-9-16/h3-13H,2,14H2,1H3,(H,23,27). The van der Waals surface area contributed by atoms with Crippen LogP contribution in [0.25, 0.3) is 22.2 Å². The quantitative estimate of drug-likeness (QED) is 0.499. The number of amides is 1. The van der Waals surface area contributed by atoms with E-state index in [1.807, 2.05) is 72.3 Å². The number of nitrogens with one attached hydrogen (secondary N) is 1. The van der Waals surface area contributed by atoms with Crippen molar-refractivity contribution in [3.63, 3.8) is 0 Å². The third-order valence-electron chi connectivity index (χ3n) is 4.34. The van der Waals surface area contributed by atoms with Crippen molar-refractivity contribution in [2.24, 2.45) is 0 Å². The van der Waals surface area contributed by atoms with Gasteiger partial charge in [0.15, 0.2) is 11.0 Å². The number of hydrogen-bond donors (Lipinski definition) is 1. The van der Waals surface area contributed by atoms with Crippen LogP contribution in [0.5, 0.6) is 0 Å². The number of aromatic nitrogens is 4. The van der Waals surface area contributed by atoms with E-state index in [1.54, 1.807) is 6.20 Å². The summed E-state index contributed by atoms with van der Waals surface area (Å²) in [6.07, 6.45) is 3.62. The third kappa shape index (κ3) is 3.75. The van der Waals surface area contributed by atoms with Crippen LogP contribution in [0, 0.1) is 0 Å². The number of fused-ring (bicyclic) bond motifs is 1. The zero-order chi connectivity index (χ0) is 19.3. The van der Waals surface area contributed by atoms with Gasteiger partial charge in [0.05, 0.1) is 5.75 Å². The molecule has 0 unspecified atom stereocenters. The molecule has 1 N–H and O–H groups in total. The maximum atomic E-state index is 12.2. The van der Waals surface area contributed by atoms with Gasteiger partial charge in [-0.1, -0.05) is 48.2 Å². The average Bonchev–Trinajstić information content (AvgIpc) is 3.15. The van der Waals surface area contributed by atoms with Gasteiger partial charge in [-0.25, -0.2) is 0 Å². The fourth-order valence-corrected chi connectivity index (χ4v) is 3.85. The number of hydrogen-bond acceptors (Lipinski definition) is 5. The van der Waals surface area contributed by atoms with Gasteiger partial charge in [-0.3, -0.25) is 9.78 Å². The summed E-state index contributed by atoms with van der Waals surface area (Å²) in [5.74, 6) is 0.997. The second-order valence-corrected chi connectivity index (χ2v) is 7.10. The van der Waals surface area contributed by atoms with Gasteiger partial charge in [0.1, 0.15) is 0 Å². The number of rotatable bonds is 6. The van der Waals surface area contributed by atoms with Gasteiger partial charge in [-0.15, -0.1) is 10.2 Å². The molecule has 0 aliphatic heterocycles. The number of benzene rings is 2. The molecule has 2 aromatic heterocycles. The highest BCUT2D eigenvalue weighted by Gasteiger charge is 2.16. The molecule has 0 bridgehead atoms. The Labute approximate surface area is 167 Å². The van der Waals surface area contributed by atoms with Crippen LogP contribution in [0.1, 0.15) is 6.92 Å². The molecule has 0 radical (unpaired) electrons. The highest BCUT2D eigenvalue weighted by molar-refractivity contribution is 7.99. The number of anilines is 1. The predicted octanol–water partition coefficient (Wildman–Crippen LogP) is 4.24. The van der Waals surface area contributed by atoms with Gasteiger partial charge in [0.2, 0.25) is 5.91 Å². The SMILES string of the molecule is CCn1c(SCC(=O)Nc2ccccc2)nnc1-c1cccc2cnccc12. The van der Waals surface area contributed by atoms with Gasteiger partial charge >= 0.3 is 0 Å². The zero-order valence-electron chi connectivity index (χ0n) is 15.4. The van der Waals surface area contributed by atoms with Crippen molar-refractivity contribution in [2.45, 2.75) is 18.6 Å². The minimum Gasteiger partial charge on any atom is -0.325 e. The van der Waals surface area contributed by atoms with Crippen LogP contribution in [0.2, 0.25) is 0 Å². The molecule has 0 aliphatic rings. The Morgan fingerprint density at radius 2 is 1.93 bits per heavy atom. The minimum atomic E-state index is -0.0698. The van der Waals surface area contributed by atoms with Crippen LogP contribution >= 0.6 is 11.8 Å². The lowest BCUT2D eigenvalue weighted by molar-refractivity contribution is -0.113. The maximum Gasteiger partial charge on any atom is 0.234 e. The van der Waals surface area contributed by atoms with Crippen LogP contribution in [-0.4, -0.2) is 31.4 Å². The van der Waals surface area contributed by atoms with Crippen molar-refractivity contribution < 1.29 is 4.79 Å². The van der Waals surface area contributed by atoms with Gasteiger partial charge in [0, 0.05) is 35.6 Å². The molecule has 6 nitrogen and oxygen atoms in total. The smallest absolute Gasteiger partial charge is 0.234 e. The first kappa shape index (κ1) is 18.2. The molecule has 2 heterocycles. The van der Waals surface area contributed by atoms with E-state index in [0.29, 0.717) is 6.54 Å². The summed E-state index contributed by atoms with van der Waals surface area (Å²) in [5.41, 5.74) is 1.80. The zero-order valence-corrected chi connectivity index (χ0v) is 16.2. The van der Waals surface area contributed by atoms with Crippen molar-refractivity contribution in [1.82, 2.24) is 19.7 Å². The van der Waals surface area contributed by atoms with E-state index in [1.165, 1.54) is 11.8 Å². The molecule has 0 aliphatic carbocycles. The molecular formula is C21H19N5OS. The first-order valence-electron chi connectivity index (χ1n) is 9.00. The second kappa shape index (κ2) is 8.22. The first-order valence-corrected chi connectivity index (χ1v) is 9.99. The minimum absolute atomic E-state index is 0.0698. The van der Waals surface area contributed by atoms with Crippen LogP contribution < -0.4 is 5.32 Å². The molecule has 2 aromatic carbocycles. The Balaban J connectivity index is 1.55. The molecule has 0 spiro atoms. The fraction of sp³-hybridized carbons (Fsp3) is 0.143. The summed E-state index contributed by atoms with van der Waals surface area (Å²) in [4.78, 5) is 16.4. The fourth-order valence-electron chi connectivity index (χ4n) is 3.05. The summed E-state index contributed by atoms with van der Waals surface area (Å²) < 4.78 is 2.04. The van der Waals surface area contributed by atoms with Crippen LogP contribution in [-0.2, 0) is 11.3 Å². The Kier molecular flexibility index (Phi) is 5.34. The number of carbonyl (C=O) groups excluding carboxylic acids is 1. The number of nitrogens with zero attached hydrogens (tertiary/aromatic N) is 4. The van der Waals surface area contributed by atoms with Crippen molar-refractivity contribution in [2.75, 3.05) is 11.1 Å². The monoisotopic (exact) mass is 389 g/mol. The molecule has 4 aromatic rings. The van der Waals surface area contributed by atoms with E-state index in [2.05, 4.69) is 20.5 Å². The summed E-state index contributed by atoms with van der Waals surface area (Å²) in [7, 11) is 0. The summed E-state index contributed by atoms with van der Waals surface area (Å²) in [6.45, 7) is 2.76. The van der Waals surface area contributed by atoms with E-state index in [-0.39, 0.29) is 11.7 Å². The number of carbonyl (C=O) groups is 1. The Morgan fingerprint density at radius 1 is 1.07 bits per heavy atom. The second-order valence-electron chi connectivity index (χ2n) is 6.16. The maximum absolute atomic E-state index is 12.2. The topological polar surface area (TPSA) is 72.7 Å². The third-order valence-corrected chi connectivity index (χ3v) is 5.31. The highest BCUT2D eigenvalue weighted by Crippen LogP contribution is 2.29. The molecule has 0 fully saturated rings. The lowest BCUT2D eigenvalue weighted by Crippen LogP contribution is -2.14. The summed E-state index contributed by atoms with van der Waals surface area (Å²) in [5, 5.41) is 14.5. The highest BCUT2D eigenvalue weighted by atomic mass is 32.2. The normalized spacial score (nSPS) is 10.9. The molecule has 0 atom stereocenters. The molecule has 140 valence electrons. The van der Waals surface area contributed by atoms with Crippen LogP contribution in [0.4, 0.5) is 5.69 Å². The Morgan fingerprint density at radius 3 is 2.75 bits per heavy atom. The van der Waals surface area contributed by atoms with Crippen LogP contribution in [0.15, 0.2) is 72.1 Å². The van der Waals surface area contributed by atoms with Crippen molar-refractivity contribution in [3.05, 3.63) is 67.0 Å². The number of pyridine rings is 1. The molecular weight excluding hydrogens is 370 g/mol. The molecule has 7 heteroatoms. The number of para-hydroxylation sites is 1. The van der Waals surface area contributed by atoms with E-state index in [4.69, 9.17) is 0 Å². The summed E-state index contributed by atoms with van der Waals surface area (Å²) >= 11 is 1.38. The first-order chi connectivity index (χ1) is 13.8. The lowest BCUT2D eigenvalue weighted by atomic mass is 10.1. The van der Waals surface area contributed by atoms with Crippen molar-refractivity contribution in [1.29, 1.82) is 0 Å². The Bertz CT molecular complexity index is 1100. The van der Waals surface area contributed by atoms with Crippen LogP contribution in [0.3, 0.4) is 0 Å². The van der Waals surface area contributed by atoms with Gasteiger partial charge in [-0.2, -0.15) is 0 Å². The largest absolute Gasteiger partial charge is 0.325 e.